The number of nitrogens with one attached hydrogen (secondary N) is 2. The number of fused-ring (bicyclic) bond motifs is 1. The molecule has 7 heteroatoms. The highest BCUT2D eigenvalue weighted by Crippen LogP contribution is 2.54. The highest BCUT2D eigenvalue weighted by atomic mass is 16.7. The van der Waals surface area contributed by atoms with Crippen LogP contribution in [0.4, 0.5) is 0 Å². The van der Waals surface area contributed by atoms with Crippen LogP contribution in [0.5, 0.6) is 0 Å². The quantitative estimate of drug-likeness (QED) is 0.497. The molecule has 4 rings (SSSR count). The first-order valence-corrected chi connectivity index (χ1v) is 13.8. The monoisotopic (exact) mass is 496 g/mol. The number of amides is 2. The molecule has 2 amide bonds. The van der Waals surface area contributed by atoms with Crippen molar-refractivity contribution in [3.8, 4) is 0 Å². The van der Waals surface area contributed by atoms with Gasteiger partial charge >= 0.3 is 7.12 Å². The normalized spacial score (nSPS) is 30.8. The number of rotatable bonds is 7. The van der Waals surface area contributed by atoms with E-state index in [0.29, 0.717) is 23.8 Å². The Morgan fingerprint density at radius 3 is 2.28 bits per heavy atom. The average molecular weight is 497 g/mol. The van der Waals surface area contributed by atoms with E-state index < -0.39 is 5.54 Å². The third-order valence-corrected chi connectivity index (χ3v) is 8.98. The highest BCUT2D eigenvalue weighted by molar-refractivity contribution is 6.45. The van der Waals surface area contributed by atoms with Crippen molar-refractivity contribution in [3.63, 3.8) is 0 Å². The molecule has 1 aromatic rings. The molecule has 2 saturated carbocycles. The summed E-state index contributed by atoms with van der Waals surface area (Å²) < 4.78 is 12.5. The van der Waals surface area contributed by atoms with Crippen LogP contribution < -0.4 is 10.6 Å². The van der Waals surface area contributed by atoms with Crippen LogP contribution in [0, 0.1) is 17.8 Å². The minimum Gasteiger partial charge on any atom is -0.403 e. The zero-order valence-electron chi connectivity index (χ0n) is 23.3. The van der Waals surface area contributed by atoms with E-state index in [-0.39, 0.29) is 41.6 Å². The first-order valence-electron chi connectivity index (χ1n) is 13.8. The second-order valence-electron chi connectivity index (χ2n) is 13.3. The molecule has 1 aliphatic heterocycles. The molecule has 1 aromatic carbocycles. The van der Waals surface area contributed by atoms with Crippen LogP contribution in [0.25, 0.3) is 0 Å². The molecule has 36 heavy (non-hydrogen) atoms. The van der Waals surface area contributed by atoms with Crippen molar-refractivity contribution in [2.24, 2.45) is 17.8 Å². The number of hydrogen-bond acceptors (Lipinski definition) is 4. The van der Waals surface area contributed by atoms with Crippen LogP contribution in [0.2, 0.25) is 6.32 Å². The lowest BCUT2D eigenvalue weighted by Crippen LogP contribution is -2.64. The van der Waals surface area contributed by atoms with Crippen LogP contribution in [0.15, 0.2) is 30.3 Å². The molecule has 0 aromatic heterocycles. The molecule has 3 fully saturated rings. The van der Waals surface area contributed by atoms with Gasteiger partial charge in [-0.2, -0.15) is 0 Å². The van der Waals surface area contributed by atoms with Crippen LogP contribution >= 0.6 is 0 Å². The minimum absolute atomic E-state index is 0.0469. The van der Waals surface area contributed by atoms with Gasteiger partial charge in [0.15, 0.2) is 0 Å². The van der Waals surface area contributed by atoms with Crippen molar-refractivity contribution in [2.75, 3.05) is 0 Å². The molecule has 1 heterocycles. The summed E-state index contributed by atoms with van der Waals surface area (Å²) >= 11 is 0. The van der Waals surface area contributed by atoms with Crippen LogP contribution in [-0.2, 0) is 14.1 Å². The van der Waals surface area contributed by atoms with Crippen molar-refractivity contribution in [2.45, 2.75) is 116 Å². The van der Waals surface area contributed by atoms with E-state index in [4.69, 9.17) is 9.31 Å². The number of carbonyl (C=O) groups excluding carboxylic acids is 2. The molecular formula is C29H45BN2O4. The summed E-state index contributed by atoms with van der Waals surface area (Å²) in [4.78, 5) is 27.4. The summed E-state index contributed by atoms with van der Waals surface area (Å²) in [6, 6.07) is 9.25. The fraction of sp³-hybridized carbons (Fsp3) is 0.724. The Kier molecular flexibility index (Phi) is 7.39. The van der Waals surface area contributed by atoms with Crippen molar-refractivity contribution in [1.82, 2.24) is 10.6 Å². The standard InChI is InChI=1S/C29H45BN2O4/c1-26(2,3)32-25(34)29(31-24(33)20-13-9-8-10-14-20)19-21-15-11-16-22(21)23(29)17-12-18-30-35-27(4,5)28(6,7)36-30/h8-10,13-14,21-23H,11-12,15-19H2,1-7H3,(H,31,33)(H,32,34). The molecule has 3 aliphatic rings. The fourth-order valence-electron chi connectivity index (χ4n) is 6.60. The molecule has 1 saturated heterocycles. The Hall–Kier alpha value is -1.86. The fourth-order valence-corrected chi connectivity index (χ4v) is 6.60. The number of benzene rings is 1. The van der Waals surface area contributed by atoms with Crippen molar-refractivity contribution >= 4 is 18.9 Å². The summed E-state index contributed by atoms with van der Waals surface area (Å²) in [6.07, 6.45) is 6.69. The van der Waals surface area contributed by atoms with Gasteiger partial charge in [0.2, 0.25) is 5.91 Å². The third-order valence-electron chi connectivity index (χ3n) is 8.98. The molecule has 2 aliphatic carbocycles. The summed E-state index contributed by atoms with van der Waals surface area (Å²) in [5, 5.41) is 6.53. The maximum atomic E-state index is 14.0. The Morgan fingerprint density at radius 2 is 1.67 bits per heavy atom. The summed E-state index contributed by atoms with van der Waals surface area (Å²) in [6.45, 7) is 14.3. The molecule has 6 nitrogen and oxygen atoms in total. The second-order valence-corrected chi connectivity index (χ2v) is 13.3. The van der Waals surface area contributed by atoms with E-state index in [1.165, 1.54) is 6.42 Å². The minimum atomic E-state index is -0.911. The van der Waals surface area contributed by atoms with Gasteiger partial charge in [-0.1, -0.05) is 37.5 Å². The van der Waals surface area contributed by atoms with E-state index in [2.05, 4.69) is 38.3 Å². The largest absolute Gasteiger partial charge is 0.457 e. The SMILES string of the molecule is CC(C)(C)NC(=O)C1(NC(=O)c2ccccc2)CC2CCCC2C1CCCB1OC(C)(C)C(C)(C)O1. The summed E-state index contributed by atoms with van der Waals surface area (Å²) in [5.74, 6) is 0.783. The van der Waals surface area contributed by atoms with Gasteiger partial charge in [0.1, 0.15) is 5.54 Å². The molecule has 0 spiro atoms. The van der Waals surface area contributed by atoms with E-state index in [0.717, 1.165) is 32.0 Å². The lowest BCUT2D eigenvalue weighted by atomic mass is 9.74. The molecular weight excluding hydrogens is 451 g/mol. The molecule has 0 bridgehead atoms. The van der Waals surface area contributed by atoms with Gasteiger partial charge in [-0.15, -0.1) is 0 Å². The Morgan fingerprint density at radius 1 is 1.03 bits per heavy atom. The number of carbonyl (C=O) groups is 2. The van der Waals surface area contributed by atoms with Gasteiger partial charge < -0.3 is 19.9 Å². The highest BCUT2D eigenvalue weighted by Gasteiger charge is 2.59. The predicted molar refractivity (Wildman–Crippen MR) is 144 cm³/mol. The first-order chi connectivity index (χ1) is 16.7. The Balaban J connectivity index is 1.57. The summed E-state index contributed by atoms with van der Waals surface area (Å²) in [7, 11) is -0.243. The van der Waals surface area contributed by atoms with E-state index >= 15 is 0 Å². The molecule has 4 atom stereocenters. The zero-order chi connectivity index (χ0) is 26.4. The molecule has 0 radical (unpaired) electrons. The van der Waals surface area contributed by atoms with Gasteiger partial charge in [-0.05, 0) is 104 Å². The van der Waals surface area contributed by atoms with E-state index in [1.54, 1.807) is 0 Å². The lowest BCUT2D eigenvalue weighted by Gasteiger charge is -2.39. The second kappa shape index (κ2) is 9.79. The Labute approximate surface area is 217 Å². The first kappa shape index (κ1) is 27.2. The average Bonchev–Trinajstić information content (AvgIpc) is 3.38. The van der Waals surface area contributed by atoms with Crippen LogP contribution in [0.1, 0.15) is 97.3 Å². The predicted octanol–water partition coefficient (Wildman–Crippen LogP) is 5.38. The Bertz CT molecular complexity index is 942. The van der Waals surface area contributed by atoms with Crippen molar-refractivity contribution in [1.29, 1.82) is 0 Å². The molecule has 198 valence electrons. The van der Waals surface area contributed by atoms with Gasteiger partial charge in [0.25, 0.3) is 5.91 Å². The van der Waals surface area contributed by atoms with E-state index in [9.17, 15) is 9.59 Å². The maximum Gasteiger partial charge on any atom is 0.457 e. The smallest absolute Gasteiger partial charge is 0.403 e. The summed E-state index contributed by atoms with van der Waals surface area (Å²) in [5.41, 5.74) is -1.39. The van der Waals surface area contributed by atoms with Gasteiger partial charge in [0.05, 0.1) is 11.2 Å². The number of hydrogen-bond donors (Lipinski definition) is 2. The molecule has 4 unspecified atom stereocenters. The van der Waals surface area contributed by atoms with Crippen molar-refractivity contribution in [3.05, 3.63) is 35.9 Å². The van der Waals surface area contributed by atoms with Gasteiger partial charge in [-0.3, -0.25) is 9.59 Å². The van der Waals surface area contributed by atoms with Gasteiger partial charge in [0, 0.05) is 11.1 Å². The maximum absolute atomic E-state index is 14.0. The zero-order valence-corrected chi connectivity index (χ0v) is 23.3. The van der Waals surface area contributed by atoms with E-state index in [1.807, 2.05) is 51.1 Å². The van der Waals surface area contributed by atoms with Crippen LogP contribution in [-0.4, -0.2) is 41.2 Å². The van der Waals surface area contributed by atoms with Gasteiger partial charge in [-0.25, -0.2) is 0 Å². The molecule has 2 N–H and O–H groups in total. The van der Waals surface area contributed by atoms with Crippen LogP contribution in [0.3, 0.4) is 0 Å². The topological polar surface area (TPSA) is 76.7 Å². The van der Waals surface area contributed by atoms with Crippen molar-refractivity contribution < 1.29 is 18.9 Å². The lowest BCUT2D eigenvalue weighted by molar-refractivity contribution is -0.131. The third kappa shape index (κ3) is 5.38.